The normalized spacial score (nSPS) is 19.6. The fourth-order valence-corrected chi connectivity index (χ4v) is 2.56. The largest absolute Gasteiger partial charge is 0.481 e. The van der Waals surface area contributed by atoms with Gasteiger partial charge in [-0.15, -0.1) is 0 Å². The number of likely N-dealkylation sites (tertiary alicyclic amines) is 1. The summed E-state index contributed by atoms with van der Waals surface area (Å²) in [4.78, 5) is 34.8. The molecule has 1 saturated heterocycles. The molecule has 0 aromatic rings. The molecule has 0 unspecified atom stereocenters. The molecule has 0 aromatic carbocycles. The number of hydrogen-bond donors (Lipinski definition) is 2. The highest BCUT2D eigenvalue weighted by atomic mass is 32.2. The molecule has 1 aliphatic rings. The lowest BCUT2D eigenvalue weighted by Crippen LogP contribution is -2.42. The highest BCUT2D eigenvalue weighted by Crippen LogP contribution is 2.17. The second-order valence-electron chi connectivity index (χ2n) is 4.29. The van der Waals surface area contributed by atoms with Crippen molar-refractivity contribution >= 4 is 29.5 Å². The summed E-state index contributed by atoms with van der Waals surface area (Å²) in [7, 11) is 0. The first kappa shape index (κ1) is 14.8. The van der Waals surface area contributed by atoms with Gasteiger partial charge in [0.05, 0.1) is 11.7 Å². The van der Waals surface area contributed by atoms with Crippen LogP contribution in [0.25, 0.3) is 0 Å². The van der Waals surface area contributed by atoms with E-state index in [1.807, 2.05) is 0 Å². The first-order valence-electron chi connectivity index (χ1n) is 5.87. The Labute approximate surface area is 110 Å². The van der Waals surface area contributed by atoms with Gasteiger partial charge in [-0.2, -0.15) is 11.8 Å². The molecule has 6 nitrogen and oxygen atoms in total. The van der Waals surface area contributed by atoms with Crippen molar-refractivity contribution in [1.82, 2.24) is 4.90 Å². The van der Waals surface area contributed by atoms with Gasteiger partial charge in [-0.25, -0.2) is 0 Å². The number of nitrogens with zero attached hydrogens (tertiary/aromatic N) is 1. The van der Waals surface area contributed by atoms with Crippen molar-refractivity contribution in [2.24, 2.45) is 11.7 Å². The third-order valence-electron chi connectivity index (χ3n) is 2.83. The average molecular weight is 274 g/mol. The Balaban J connectivity index is 2.28. The molecule has 0 saturated carbocycles. The number of thioether (sulfide) groups is 1. The second kappa shape index (κ2) is 7.25. The SMILES string of the molecule is NC(=O)CSCCC(=O)N1CCC[C@@H](C(=O)O)C1. The summed E-state index contributed by atoms with van der Waals surface area (Å²) in [5.74, 6) is -0.966. The van der Waals surface area contributed by atoms with Crippen LogP contribution in [0.5, 0.6) is 0 Å². The monoisotopic (exact) mass is 274 g/mol. The third-order valence-corrected chi connectivity index (χ3v) is 3.81. The van der Waals surface area contributed by atoms with Crippen molar-refractivity contribution in [2.75, 3.05) is 24.6 Å². The average Bonchev–Trinajstić information content (AvgIpc) is 2.34. The number of carbonyl (C=O) groups is 3. The van der Waals surface area contributed by atoms with E-state index >= 15 is 0 Å². The maximum Gasteiger partial charge on any atom is 0.308 e. The van der Waals surface area contributed by atoms with Crippen molar-refractivity contribution in [3.8, 4) is 0 Å². The van der Waals surface area contributed by atoms with Crippen molar-refractivity contribution < 1.29 is 19.5 Å². The smallest absolute Gasteiger partial charge is 0.308 e. The molecule has 7 heteroatoms. The van der Waals surface area contributed by atoms with Crippen molar-refractivity contribution in [3.63, 3.8) is 0 Å². The van der Waals surface area contributed by atoms with Gasteiger partial charge in [0.15, 0.2) is 0 Å². The van der Waals surface area contributed by atoms with E-state index in [1.54, 1.807) is 4.90 Å². The minimum Gasteiger partial charge on any atom is -0.481 e. The van der Waals surface area contributed by atoms with E-state index in [4.69, 9.17) is 10.8 Å². The zero-order valence-electron chi connectivity index (χ0n) is 10.1. The quantitative estimate of drug-likeness (QED) is 0.660. The summed E-state index contributed by atoms with van der Waals surface area (Å²) < 4.78 is 0. The van der Waals surface area contributed by atoms with E-state index < -0.39 is 17.8 Å². The molecule has 1 heterocycles. The van der Waals surface area contributed by atoms with Gasteiger partial charge in [-0.1, -0.05) is 0 Å². The molecule has 1 atom stereocenters. The summed E-state index contributed by atoms with van der Waals surface area (Å²) in [5, 5.41) is 8.92. The number of aliphatic carboxylic acids is 1. The fourth-order valence-electron chi connectivity index (χ4n) is 1.90. The highest BCUT2D eigenvalue weighted by Gasteiger charge is 2.27. The Bertz CT molecular complexity index is 335. The van der Waals surface area contributed by atoms with E-state index in [1.165, 1.54) is 11.8 Å². The third kappa shape index (κ3) is 4.95. The Morgan fingerprint density at radius 2 is 2.11 bits per heavy atom. The predicted octanol–water partition coefficient (Wildman–Crippen LogP) is -0.0818. The van der Waals surface area contributed by atoms with Crippen LogP contribution in [0.2, 0.25) is 0 Å². The Morgan fingerprint density at radius 3 is 2.72 bits per heavy atom. The minimum atomic E-state index is -0.837. The van der Waals surface area contributed by atoms with Crippen molar-refractivity contribution in [2.45, 2.75) is 19.3 Å². The first-order chi connectivity index (χ1) is 8.50. The number of rotatable bonds is 6. The molecule has 102 valence electrons. The molecule has 1 aliphatic heterocycles. The zero-order chi connectivity index (χ0) is 13.5. The van der Waals surface area contributed by atoms with Gasteiger partial charge in [0.25, 0.3) is 0 Å². The van der Waals surface area contributed by atoms with Gasteiger partial charge in [-0.3, -0.25) is 14.4 Å². The van der Waals surface area contributed by atoms with Gasteiger partial charge in [0.2, 0.25) is 11.8 Å². The molecule has 0 aliphatic carbocycles. The van der Waals surface area contributed by atoms with Crippen LogP contribution in [-0.4, -0.2) is 52.4 Å². The molecular formula is C11H18N2O4S. The van der Waals surface area contributed by atoms with E-state index in [-0.39, 0.29) is 11.7 Å². The molecule has 0 spiro atoms. The number of amides is 2. The maximum atomic E-state index is 11.8. The standard InChI is InChI=1S/C11H18N2O4S/c12-9(14)7-18-5-3-10(15)13-4-1-2-8(6-13)11(16)17/h8H,1-7H2,(H2,12,14)(H,16,17)/t8-/m1/s1. The van der Waals surface area contributed by atoms with Crippen LogP contribution < -0.4 is 5.73 Å². The summed E-state index contributed by atoms with van der Waals surface area (Å²) >= 11 is 1.32. The number of carboxylic acid groups (broad SMARTS) is 1. The second-order valence-corrected chi connectivity index (χ2v) is 5.39. The molecule has 0 aromatic heterocycles. The maximum absolute atomic E-state index is 11.8. The van der Waals surface area contributed by atoms with E-state index in [9.17, 15) is 14.4 Å². The lowest BCUT2D eigenvalue weighted by molar-refractivity contribution is -0.145. The topological polar surface area (TPSA) is 101 Å². The van der Waals surface area contributed by atoms with Crippen LogP contribution in [0.3, 0.4) is 0 Å². The predicted molar refractivity (Wildman–Crippen MR) is 68.1 cm³/mol. The number of carbonyl (C=O) groups excluding carboxylic acids is 2. The van der Waals surface area contributed by atoms with Gasteiger partial charge < -0.3 is 15.7 Å². The summed E-state index contributed by atoms with van der Waals surface area (Å²) in [6.45, 7) is 0.928. The molecule has 3 N–H and O–H groups in total. The van der Waals surface area contributed by atoms with Crippen LogP contribution >= 0.6 is 11.8 Å². The van der Waals surface area contributed by atoms with Crippen LogP contribution in [0, 0.1) is 5.92 Å². The van der Waals surface area contributed by atoms with Gasteiger partial charge in [0.1, 0.15) is 0 Å². The summed E-state index contributed by atoms with van der Waals surface area (Å²) in [6, 6.07) is 0. The highest BCUT2D eigenvalue weighted by molar-refractivity contribution is 7.99. The minimum absolute atomic E-state index is 0.0436. The number of primary amides is 1. The fraction of sp³-hybridized carbons (Fsp3) is 0.727. The van der Waals surface area contributed by atoms with Crippen LogP contribution in [0.4, 0.5) is 0 Å². The molecular weight excluding hydrogens is 256 g/mol. The van der Waals surface area contributed by atoms with Crippen LogP contribution in [0.15, 0.2) is 0 Å². The molecule has 18 heavy (non-hydrogen) atoms. The first-order valence-corrected chi connectivity index (χ1v) is 7.03. The van der Waals surface area contributed by atoms with Crippen LogP contribution in [0.1, 0.15) is 19.3 Å². The van der Waals surface area contributed by atoms with Gasteiger partial charge in [0, 0.05) is 25.3 Å². The number of hydrogen-bond acceptors (Lipinski definition) is 4. The zero-order valence-corrected chi connectivity index (χ0v) is 10.9. The molecule has 2 amide bonds. The lowest BCUT2D eigenvalue weighted by atomic mass is 9.98. The molecule has 0 bridgehead atoms. The van der Waals surface area contributed by atoms with Crippen molar-refractivity contribution in [3.05, 3.63) is 0 Å². The Hall–Kier alpha value is -1.24. The van der Waals surface area contributed by atoms with Gasteiger partial charge >= 0.3 is 5.97 Å². The lowest BCUT2D eigenvalue weighted by Gasteiger charge is -2.30. The van der Waals surface area contributed by atoms with E-state index in [0.29, 0.717) is 31.7 Å². The number of piperidine rings is 1. The van der Waals surface area contributed by atoms with Gasteiger partial charge in [-0.05, 0) is 12.8 Å². The van der Waals surface area contributed by atoms with E-state index in [2.05, 4.69) is 0 Å². The number of carboxylic acids is 1. The Kier molecular flexibility index (Phi) is 5.97. The molecule has 1 fully saturated rings. The van der Waals surface area contributed by atoms with Crippen LogP contribution in [-0.2, 0) is 14.4 Å². The van der Waals surface area contributed by atoms with Crippen molar-refractivity contribution in [1.29, 1.82) is 0 Å². The summed E-state index contributed by atoms with van der Waals surface area (Å²) in [6.07, 6.45) is 1.69. The summed E-state index contributed by atoms with van der Waals surface area (Å²) in [5.41, 5.74) is 4.98. The number of nitrogens with two attached hydrogens (primary N) is 1. The Morgan fingerprint density at radius 1 is 1.39 bits per heavy atom. The van der Waals surface area contributed by atoms with E-state index in [0.717, 1.165) is 6.42 Å². The molecule has 1 rings (SSSR count). The molecule has 0 radical (unpaired) electrons.